The molecule has 0 saturated heterocycles. The van der Waals surface area contributed by atoms with Gasteiger partial charge >= 0.3 is 12.0 Å². The minimum absolute atomic E-state index is 0.0865. The zero-order valence-corrected chi connectivity index (χ0v) is 15.6. The number of ether oxygens (including phenoxy) is 3. The lowest BCUT2D eigenvalue weighted by atomic mass is 10.1. The van der Waals surface area contributed by atoms with Crippen LogP contribution in [0.5, 0.6) is 11.5 Å². The summed E-state index contributed by atoms with van der Waals surface area (Å²) in [6.45, 7) is 3.81. The average Bonchev–Trinajstić information content (AvgIpc) is 2.62. The number of rotatable bonds is 9. The normalized spacial score (nSPS) is 10.2. The predicted molar refractivity (Wildman–Crippen MR) is 95.2 cm³/mol. The molecule has 3 amide bonds. The van der Waals surface area contributed by atoms with Gasteiger partial charge in [0.1, 0.15) is 11.5 Å². The Bertz CT molecular complexity index is 608. The largest absolute Gasteiger partial charge is 0.497 e. The van der Waals surface area contributed by atoms with Crippen molar-refractivity contribution in [1.82, 2.24) is 10.6 Å². The second-order valence-corrected chi connectivity index (χ2v) is 6.03. The minimum atomic E-state index is -0.678. The molecule has 0 aliphatic rings. The maximum Gasteiger partial charge on any atom is 0.321 e. The summed E-state index contributed by atoms with van der Waals surface area (Å²) in [7, 11) is 3.09. The molecule has 0 radical (unpaired) electrons. The predicted octanol–water partition coefficient (Wildman–Crippen LogP) is 1.66. The monoisotopic (exact) mass is 366 g/mol. The molecule has 8 nitrogen and oxygen atoms in total. The average molecular weight is 366 g/mol. The van der Waals surface area contributed by atoms with Crippen LogP contribution in [-0.2, 0) is 20.7 Å². The highest BCUT2D eigenvalue weighted by atomic mass is 16.5. The zero-order valence-electron chi connectivity index (χ0n) is 15.6. The van der Waals surface area contributed by atoms with Crippen molar-refractivity contribution in [1.29, 1.82) is 0 Å². The quantitative estimate of drug-likeness (QED) is 0.645. The van der Waals surface area contributed by atoms with Crippen LogP contribution in [0.25, 0.3) is 0 Å². The van der Waals surface area contributed by atoms with Crippen molar-refractivity contribution in [3.8, 4) is 11.5 Å². The summed E-state index contributed by atoms with van der Waals surface area (Å²) in [4.78, 5) is 34.8. The van der Waals surface area contributed by atoms with Crippen LogP contribution in [0.3, 0.4) is 0 Å². The summed E-state index contributed by atoms with van der Waals surface area (Å²) >= 11 is 0. The second-order valence-electron chi connectivity index (χ2n) is 6.03. The lowest BCUT2D eigenvalue weighted by Crippen LogP contribution is -2.42. The van der Waals surface area contributed by atoms with Gasteiger partial charge in [-0.2, -0.15) is 0 Å². The fourth-order valence-corrected chi connectivity index (χ4v) is 1.98. The van der Waals surface area contributed by atoms with E-state index < -0.39 is 24.5 Å². The number of methoxy groups -OCH3 is 2. The Morgan fingerprint density at radius 2 is 1.65 bits per heavy atom. The molecule has 1 rings (SSSR count). The molecule has 0 atom stereocenters. The summed E-state index contributed by atoms with van der Waals surface area (Å²) in [5, 5.41) is 4.63. The highest BCUT2D eigenvalue weighted by Gasteiger charge is 2.12. The minimum Gasteiger partial charge on any atom is -0.497 e. The smallest absolute Gasteiger partial charge is 0.321 e. The van der Waals surface area contributed by atoms with Gasteiger partial charge in [-0.25, -0.2) is 4.79 Å². The van der Waals surface area contributed by atoms with Gasteiger partial charge < -0.3 is 19.5 Å². The van der Waals surface area contributed by atoms with Crippen molar-refractivity contribution in [2.75, 3.05) is 27.4 Å². The molecule has 8 heteroatoms. The molecule has 0 saturated carbocycles. The van der Waals surface area contributed by atoms with E-state index in [1.807, 2.05) is 13.8 Å². The van der Waals surface area contributed by atoms with Gasteiger partial charge in [-0.3, -0.25) is 14.9 Å². The van der Waals surface area contributed by atoms with Gasteiger partial charge in [-0.1, -0.05) is 13.8 Å². The lowest BCUT2D eigenvalue weighted by molar-refractivity contribution is -0.148. The highest BCUT2D eigenvalue weighted by Crippen LogP contribution is 2.23. The van der Waals surface area contributed by atoms with E-state index in [1.54, 1.807) is 32.4 Å². The number of benzene rings is 1. The molecule has 0 aliphatic carbocycles. The van der Waals surface area contributed by atoms with Gasteiger partial charge in [0.2, 0.25) is 0 Å². The van der Waals surface area contributed by atoms with E-state index in [4.69, 9.17) is 14.2 Å². The molecule has 2 N–H and O–H groups in total. The van der Waals surface area contributed by atoms with Crippen LogP contribution in [0.1, 0.15) is 25.8 Å². The first kappa shape index (κ1) is 21.3. The molecular weight excluding hydrogens is 340 g/mol. The molecule has 0 unspecified atom stereocenters. The number of aryl methyl sites for hydroxylation is 1. The number of hydrogen-bond acceptors (Lipinski definition) is 6. The Morgan fingerprint density at radius 1 is 1.04 bits per heavy atom. The van der Waals surface area contributed by atoms with Crippen molar-refractivity contribution < 1.29 is 28.6 Å². The molecule has 0 spiro atoms. The number of urea groups is 1. The third kappa shape index (κ3) is 8.36. The van der Waals surface area contributed by atoms with Crippen LogP contribution < -0.4 is 20.1 Å². The van der Waals surface area contributed by atoms with E-state index in [0.717, 1.165) is 5.56 Å². The zero-order chi connectivity index (χ0) is 19.5. The third-order valence-corrected chi connectivity index (χ3v) is 3.32. The fraction of sp³-hybridized carbons (Fsp3) is 0.500. The van der Waals surface area contributed by atoms with Gasteiger partial charge in [0.05, 0.1) is 14.2 Å². The summed E-state index contributed by atoms with van der Waals surface area (Å²) in [5.41, 5.74) is 0.843. The summed E-state index contributed by atoms with van der Waals surface area (Å²) in [6, 6.07) is 4.71. The Morgan fingerprint density at radius 3 is 2.19 bits per heavy atom. The third-order valence-electron chi connectivity index (χ3n) is 3.32. The number of hydrogen-bond donors (Lipinski definition) is 2. The molecule has 1 aromatic carbocycles. The molecule has 0 heterocycles. The number of nitrogens with one attached hydrogen (secondary N) is 2. The second kappa shape index (κ2) is 11.0. The number of imide groups is 1. The Balaban J connectivity index is 2.36. The van der Waals surface area contributed by atoms with E-state index in [2.05, 4.69) is 10.6 Å². The number of carbonyl (C=O) groups is 3. The van der Waals surface area contributed by atoms with Crippen LogP contribution >= 0.6 is 0 Å². The molecule has 0 fully saturated rings. The summed E-state index contributed by atoms with van der Waals surface area (Å²) < 4.78 is 15.2. The Kier molecular flexibility index (Phi) is 8.97. The van der Waals surface area contributed by atoms with Crippen molar-refractivity contribution in [3.05, 3.63) is 23.8 Å². The van der Waals surface area contributed by atoms with E-state index in [-0.39, 0.29) is 12.3 Å². The van der Waals surface area contributed by atoms with Crippen LogP contribution in [0, 0.1) is 5.92 Å². The van der Waals surface area contributed by atoms with Crippen LogP contribution in [0.4, 0.5) is 4.79 Å². The van der Waals surface area contributed by atoms with Crippen molar-refractivity contribution in [2.24, 2.45) is 5.92 Å². The molecule has 0 aliphatic heterocycles. The lowest BCUT2D eigenvalue weighted by Gasteiger charge is -2.10. The fourth-order valence-electron chi connectivity index (χ4n) is 1.98. The first-order valence-corrected chi connectivity index (χ1v) is 8.29. The van der Waals surface area contributed by atoms with Gasteiger partial charge in [-0.15, -0.1) is 0 Å². The Labute approximate surface area is 153 Å². The van der Waals surface area contributed by atoms with Crippen molar-refractivity contribution in [2.45, 2.75) is 26.7 Å². The van der Waals surface area contributed by atoms with Crippen LogP contribution in [-0.4, -0.2) is 45.3 Å². The van der Waals surface area contributed by atoms with E-state index in [0.29, 0.717) is 24.5 Å². The standard InChI is InChI=1S/C18H26N2O6/c1-12(2)10-19-18(23)20-16(21)11-26-17(22)6-5-13-7-14(24-3)9-15(8-13)25-4/h7-9,12H,5-6,10-11H2,1-4H3,(H2,19,20,21,23). The Hall–Kier alpha value is -2.77. The molecule has 0 bridgehead atoms. The van der Waals surface area contributed by atoms with E-state index >= 15 is 0 Å². The molecule has 0 aromatic heterocycles. The number of carbonyl (C=O) groups excluding carboxylic acids is 3. The first-order chi connectivity index (χ1) is 12.3. The van der Waals surface area contributed by atoms with Crippen LogP contribution in [0.15, 0.2) is 18.2 Å². The molecule has 144 valence electrons. The molecule has 1 aromatic rings. The number of amides is 3. The van der Waals surface area contributed by atoms with E-state index in [9.17, 15) is 14.4 Å². The topological polar surface area (TPSA) is 103 Å². The van der Waals surface area contributed by atoms with Crippen LogP contribution in [0.2, 0.25) is 0 Å². The van der Waals surface area contributed by atoms with Gasteiger partial charge in [0.25, 0.3) is 5.91 Å². The van der Waals surface area contributed by atoms with Gasteiger partial charge in [-0.05, 0) is 30.0 Å². The molecular formula is C18H26N2O6. The maximum absolute atomic E-state index is 11.8. The number of esters is 1. The van der Waals surface area contributed by atoms with Gasteiger partial charge in [0, 0.05) is 19.0 Å². The van der Waals surface area contributed by atoms with Gasteiger partial charge in [0.15, 0.2) is 6.61 Å². The SMILES string of the molecule is COc1cc(CCC(=O)OCC(=O)NC(=O)NCC(C)C)cc(OC)c1. The first-order valence-electron chi connectivity index (χ1n) is 8.29. The van der Waals surface area contributed by atoms with Crippen molar-refractivity contribution >= 4 is 17.9 Å². The maximum atomic E-state index is 11.8. The summed E-state index contributed by atoms with van der Waals surface area (Å²) in [5.74, 6) is 0.301. The highest BCUT2D eigenvalue weighted by molar-refractivity contribution is 5.95. The molecule has 26 heavy (non-hydrogen) atoms. The van der Waals surface area contributed by atoms with Crippen molar-refractivity contribution in [3.63, 3.8) is 0 Å². The van der Waals surface area contributed by atoms with E-state index in [1.165, 1.54) is 0 Å². The summed E-state index contributed by atoms with van der Waals surface area (Å²) in [6.07, 6.45) is 0.492.